The molecule has 0 aromatic heterocycles. The molecule has 0 bridgehead atoms. The van der Waals surface area contributed by atoms with Crippen molar-refractivity contribution in [3.63, 3.8) is 0 Å². The zero-order valence-electron chi connectivity index (χ0n) is 9.95. The van der Waals surface area contributed by atoms with Gasteiger partial charge in [0.2, 0.25) is 5.91 Å². The Hall–Kier alpha value is -1.06. The second-order valence-electron chi connectivity index (χ2n) is 4.14. The lowest BCUT2D eigenvalue weighted by atomic mass is 10.1. The molecule has 0 heterocycles. The van der Waals surface area contributed by atoms with E-state index in [9.17, 15) is 4.79 Å². The first-order valence-electron chi connectivity index (χ1n) is 5.77. The number of benzene rings is 1. The molecule has 17 heavy (non-hydrogen) atoms. The maximum absolute atomic E-state index is 11.5. The molecular weight excluding hydrogens is 238 g/mol. The lowest BCUT2D eigenvalue weighted by Gasteiger charge is -2.06. The van der Waals surface area contributed by atoms with Gasteiger partial charge in [0.15, 0.2) is 0 Å². The average molecular weight is 256 g/mol. The van der Waals surface area contributed by atoms with Gasteiger partial charge in [-0.15, -0.1) is 0 Å². The maximum atomic E-state index is 11.5. The van der Waals surface area contributed by atoms with Crippen LogP contribution in [0.2, 0.25) is 5.02 Å². The average Bonchev–Trinajstić information content (AvgIpc) is 2.27. The highest BCUT2D eigenvalue weighted by atomic mass is 35.5. The Morgan fingerprint density at radius 1 is 1.41 bits per heavy atom. The summed E-state index contributed by atoms with van der Waals surface area (Å²) < 4.78 is 0. The van der Waals surface area contributed by atoms with Crippen LogP contribution < -0.4 is 5.32 Å². The third-order valence-electron chi connectivity index (χ3n) is 2.40. The van der Waals surface area contributed by atoms with E-state index < -0.39 is 0 Å². The summed E-state index contributed by atoms with van der Waals surface area (Å²) in [4.78, 5) is 11.5. The smallest absolute Gasteiger partial charge is 0.224 e. The first kappa shape index (κ1) is 14.0. The molecule has 1 unspecified atom stereocenters. The molecule has 0 radical (unpaired) electrons. The van der Waals surface area contributed by atoms with Crippen molar-refractivity contribution in [2.75, 3.05) is 6.54 Å². The van der Waals surface area contributed by atoms with E-state index in [0.717, 1.165) is 12.0 Å². The van der Waals surface area contributed by atoms with Crippen molar-refractivity contribution in [3.8, 4) is 0 Å². The van der Waals surface area contributed by atoms with Crippen molar-refractivity contribution < 1.29 is 9.90 Å². The largest absolute Gasteiger partial charge is 0.393 e. The molecular formula is C13H18ClNO2. The molecule has 1 aromatic rings. The molecule has 2 N–H and O–H groups in total. The Morgan fingerprint density at radius 2 is 2.06 bits per heavy atom. The molecule has 94 valence electrons. The molecule has 1 rings (SSSR count). The minimum absolute atomic E-state index is 0.00193. The third-order valence-corrected chi connectivity index (χ3v) is 2.65. The summed E-state index contributed by atoms with van der Waals surface area (Å²) in [5.41, 5.74) is 0.947. The van der Waals surface area contributed by atoms with Gasteiger partial charge >= 0.3 is 0 Å². The molecule has 0 aliphatic heterocycles. The fourth-order valence-corrected chi connectivity index (χ4v) is 1.60. The molecule has 1 atom stereocenters. The van der Waals surface area contributed by atoms with Crippen LogP contribution in [-0.4, -0.2) is 23.7 Å². The van der Waals surface area contributed by atoms with Crippen molar-refractivity contribution in [1.29, 1.82) is 0 Å². The Morgan fingerprint density at radius 3 is 2.65 bits per heavy atom. The summed E-state index contributed by atoms with van der Waals surface area (Å²) in [6, 6.07) is 7.24. The lowest BCUT2D eigenvalue weighted by molar-refractivity contribution is -0.120. The summed E-state index contributed by atoms with van der Waals surface area (Å²) >= 11 is 5.76. The Kier molecular flexibility index (Phi) is 6.01. The molecule has 0 aliphatic carbocycles. The highest BCUT2D eigenvalue weighted by molar-refractivity contribution is 6.30. The Bertz CT molecular complexity index is 349. The minimum atomic E-state index is -0.303. The fourth-order valence-electron chi connectivity index (χ4n) is 1.48. The molecule has 1 aromatic carbocycles. The number of aliphatic hydroxyl groups is 1. The molecule has 0 saturated heterocycles. The van der Waals surface area contributed by atoms with E-state index in [4.69, 9.17) is 16.7 Å². The Labute approximate surface area is 107 Å². The zero-order valence-corrected chi connectivity index (χ0v) is 10.7. The SMILES string of the molecule is CC(O)CCCNC(=O)Cc1ccc(Cl)cc1. The quantitative estimate of drug-likeness (QED) is 0.766. The highest BCUT2D eigenvalue weighted by Gasteiger charge is 2.03. The van der Waals surface area contributed by atoms with Crippen LogP contribution in [0.15, 0.2) is 24.3 Å². The van der Waals surface area contributed by atoms with E-state index >= 15 is 0 Å². The van der Waals surface area contributed by atoms with Crippen LogP contribution >= 0.6 is 11.6 Å². The van der Waals surface area contributed by atoms with Gasteiger partial charge in [0.25, 0.3) is 0 Å². The van der Waals surface area contributed by atoms with Crippen LogP contribution in [0.1, 0.15) is 25.3 Å². The lowest BCUT2D eigenvalue weighted by Crippen LogP contribution is -2.26. The van der Waals surface area contributed by atoms with Crippen molar-refractivity contribution in [3.05, 3.63) is 34.9 Å². The first-order valence-corrected chi connectivity index (χ1v) is 6.15. The summed E-state index contributed by atoms with van der Waals surface area (Å²) in [7, 11) is 0. The molecule has 4 heteroatoms. The van der Waals surface area contributed by atoms with Crippen molar-refractivity contribution in [2.45, 2.75) is 32.3 Å². The third kappa shape index (κ3) is 6.29. The van der Waals surface area contributed by atoms with E-state index in [-0.39, 0.29) is 12.0 Å². The summed E-state index contributed by atoms with van der Waals surface area (Å²) in [6.07, 6.45) is 1.57. The summed E-state index contributed by atoms with van der Waals surface area (Å²) in [6.45, 7) is 2.35. The van der Waals surface area contributed by atoms with E-state index in [1.807, 2.05) is 12.1 Å². The van der Waals surface area contributed by atoms with Gasteiger partial charge in [0, 0.05) is 11.6 Å². The van der Waals surface area contributed by atoms with E-state index in [0.29, 0.717) is 24.4 Å². The summed E-state index contributed by atoms with van der Waals surface area (Å²) in [5, 5.41) is 12.5. The van der Waals surface area contributed by atoms with Gasteiger partial charge in [0.05, 0.1) is 12.5 Å². The van der Waals surface area contributed by atoms with Crippen LogP contribution in [0.3, 0.4) is 0 Å². The number of nitrogens with one attached hydrogen (secondary N) is 1. The van der Waals surface area contributed by atoms with E-state index in [1.54, 1.807) is 19.1 Å². The Balaban J connectivity index is 2.23. The molecule has 3 nitrogen and oxygen atoms in total. The molecule has 1 amide bonds. The topological polar surface area (TPSA) is 49.3 Å². The molecule has 0 saturated carbocycles. The van der Waals surface area contributed by atoms with Crippen LogP contribution in [0.4, 0.5) is 0 Å². The van der Waals surface area contributed by atoms with Crippen molar-refractivity contribution in [2.24, 2.45) is 0 Å². The number of aliphatic hydroxyl groups excluding tert-OH is 1. The number of hydrogen-bond acceptors (Lipinski definition) is 2. The maximum Gasteiger partial charge on any atom is 0.224 e. The van der Waals surface area contributed by atoms with Crippen LogP contribution in [0.5, 0.6) is 0 Å². The van der Waals surface area contributed by atoms with E-state index in [2.05, 4.69) is 5.32 Å². The second kappa shape index (κ2) is 7.30. The van der Waals surface area contributed by atoms with E-state index in [1.165, 1.54) is 0 Å². The van der Waals surface area contributed by atoms with Gasteiger partial charge in [-0.1, -0.05) is 23.7 Å². The number of carbonyl (C=O) groups excluding carboxylic acids is 1. The van der Waals surface area contributed by atoms with Gasteiger partial charge < -0.3 is 10.4 Å². The van der Waals surface area contributed by atoms with Crippen molar-refractivity contribution >= 4 is 17.5 Å². The predicted molar refractivity (Wildman–Crippen MR) is 69.1 cm³/mol. The zero-order chi connectivity index (χ0) is 12.7. The van der Waals surface area contributed by atoms with Crippen molar-refractivity contribution in [1.82, 2.24) is 5.32 Å². The van der Waals surface area contributed by atoms with Gasteiger partial charge in [-0.25, -0.2) is 0 Å². The first-order chi connectivity index (χ1) is 8.08. The van der Waals surface area contributed by atoms with Gasteiger partial charge in [-0.3, -0.25) is 4.79 Å². The molecule has 0 aliphatic rings. The van der Waals surface area contributed by atoms with Gasteiger partial charge in [-0.2, -0.15) is 0 Å². The highest BCUT2D eigenvalue weighted by Crippen LogP contribution is 2.09. The number of rotatable bonds is 6. The number of amides is 1. The normalized spacial score (nSPS) is 12.2. The summed E-state index contributed by atoms with van der Waals surface area (Å²) in [5.74, 6) is -0.00193. The second-order valence-corrected chi connectivity index (χ2v) is 4.58. The predicted octanol–water partition coefficient (Wildman–Crippen LogP) is 2.16. The minimum Gasteiger partial charge on any atom is -0.393 e. The number of halogens is 1. The van der Waals surface area contributed by atoms with Gasteiger partial charge in [0.1, 0.15) is 0 Å². The standard InChI is InChI=1S/C13H18ClNO2/c1-10(16)3-2-8-15-13(17)9-11-4-6-12(14)7-5-11/h4-7,10,16H,2-3,8-9H2,1H3,(H,15,17). The van der Waals surface area contributed by atoms with Crippen LogP contribution in [-0.2, 0) is 11.2 Å². The van der Waals surface area contributed by atoms with Gasteiger partial charge in [-0.05, 0) is 37.5 Å². The van der Waals surface area contributed by atoms with Crippen LogP contribution in [0, 0.1) is 0 Å². The number of hydrogen-bond donors (Lipinski definition) is 2. The van der Waals surface area contributed by atoms with Crippen LogP contribution in [0.25, 0.3) is 0 Å². The molecule has 0 spiro atoms. The monoisotopic (exact) mass is 255 g/mol. The number of carbonyl (C=O) groups is 1. The molecule has 0 fully saturated rings. The fraction of sp³-hybridized carbons (Fsp3) is 0.462.